The molecule has 0 amide bonds. The van der Waals surface area contributed by atoms with Gasteiger partial charge in [-0.15, -0.1) is 0 Å². The summed E-state index contributed by atoms with van der Waals surface area (Å²) in [7, 11) is 0. The number of halogens is 2. The number of allylic oxidation sites excluding steroid dienone is 1. The molecule has 4 nitrogen and oxygen atoms in total. The van der Waals surface area contributed by atoms with E-state index in [0.717, 1.165) is 34.9 Å². The van der Waals surface area contributed by atoms with E-state index in [1.165, 1.54) is 17.7 Å². The Balaban J connectivity index is 1.40. The lowest BCUT2D eigenvalue weighted by atomic mass is 9.98. The highest BCUT2D eigenvalue weighted by atomic mass is 35.5. The summed E-state index contributed by atoms with van der Waals surface area (Å²) in [6.45, 7) is 3.72. The van der Waals surface area contributed by atoms with Crippen LogP contribution in [0.4, 0.5) is 4.39 Å². The second-order valence-electron chi connectivity index (χ2n) is 8.04. The quantitative estimate of drug-likeness (QED) is 0.472. The van der Waals surface area contributed by atoms with Crippen molar-refractivity contribution < 1.29 is 18.7 Å². The van der Waals surface area contributed by atoms with E-state index in [1.54, 1.807) is 18.2 Å². The van der Waals surface area contributed by atoms with E-state index in [4.69, 9.17) is 21.1 Å². The number of carbonyl (C=O) groups excluding carboxylic acids is 1. The SMILES string of the molecule is Cc1cc2c(c3c1C(=O)/C(=C\c1ccccc1F)O3)CN(CCc1ccc(Cl)cc1)CO2. The van der Waals surface area contributed by atoms with Crippen LogP contribution in [0.25, 0.3) is 6.08 Å². The molecule has 32 heavy (non-hydrogen) atoms. The maximum atomic E-state index is 14.1. The molecule has 2 aliphatic heterocycles. The van der Waals surface area contributed by atoms with Crippen molar-refractivity contribution in [3.8, 4) is 11.5 Å². The molecule has 0 atom stereocenters. The number of carbonyl (C=O) groups is 1. The number of hydrogen-bond acceptors (Lipinski definition) is 4. The third kappa shape index (κ3) is 3.90. The fourth-order valence-corrected chi connectivity index (χ4v) is 4.22. The van der Waals surface area contributed by atoms with E-state index in [0.29, 0.717) is 30.2 Å². The van der Waals surface area contributed by atoms with Crippen molar-refractivity contribution in [1.29, 1.82) is 0 Å². The predicted molar refractivity (Wildman–Crippen MR) is 122 cm³/mol. The molecule has 162 valence electrons. The number of ketones is 1. The maximum Gasteiger partial charge on any atom is 0.232 e. The van der Waals surface area contributed by atoms with Gasteiger partial charge >= 0.3 is 0 Å². The molecular formula is C26H21ClFNO3. The van der Waals surface area contributed by atoms with Crippen LogP contribution in [-0.2, 0) is 13.0 Å². The second-order valence-corrected chi connectivity index (χ2v) is 8.47. The van der Waals surface area contributed by atoms with Crippen LogP contribution >= 0.6 is 11.6 Å². The summed E-state index contributed by atoms with van der Waals surface area (Å²) in [5.41, 5.74) is 3.66. The van der Waals surface area contributed by atoms with Crippen LogP contribution in [0, 0.1) is 12.7 Å². The van der Waals surface area contributed by atoms with Gasteiger partial charge in [-0.3, -0.25) is 9.69 Å². The van der Waals surface area contributed by atoms with E-state index in [9.17, 15) is 9.18 Å². The molecule has 0 aromatic heterocycles. The van der Waals surface area contributed by atoms with Crippen molar-refractivity contribution in [1.82, 2.24) is 4.90 Å². The molecule has 0 saturated carbocycles. The van der Waals surface area contributed by atoms with Gasteiger partial charge in [0, 0.05) is 23.7 Å². The fourth-order valence-electron chi connectivity index (χ4n) is 4.09. The number of rotatable bonds is 4. The molecule has 0 N–H and O–H groups in total. The highest BCUT2D eigenvalue weighted by Crippen LogP contribution is 2.44. The van der Waals surface area contributed by atoms with Crippen molar-refractivity contribution >= 4 is 23.5 Å². The second kappa shape index (κ2) is 8.41. The summed E-state index contributed by atoms with van der Waals surface area (Å²) in [5.74, 6) is 0.734. The predicted octanol–water partition coefficient (Wildman–Crippen LogP) is 5.80. The van der Waals surface area contributed by atoms with Gasteiger partial charge < -0.3 is 9.47 Å². The van der Waals surface area contributed by atoms with Crippen LogP contribution in [-0.4, -0.2) is 24.0 Å². The van der Waals surface area contributed by atoms with Crippen LogP contribution in [0.3, 0.4) is 0 Å². The summed E-state index contributed by atoms with van der Waals surface area (Å²) >= 11 is 5.97. The molecule has 3 aromatic carbocycles. The number of benzene rings is 3. The lowest BCUT2D eigenvalue weighted by molar-refractivity contribution is 0.0949. The summed E-state index contributed by atoms with van der Waals surface area (Å²) in [6, 6.07) is 16.0. The number of Topliss-reactive ketones (excluding diaryl/α,β-unsaturated/α-hetero) is 1. The summed E-state index contributed by atoms with van der Waals surface area (Å²) in [4.78, 5) is 15.2. The lowest BCUT2D eigenvalue weighted by Gasteiger charge is -2.30. The minimum atomic E-state index is -0.400. The van der Waals surface area contributed by atoms with Gasteiger partial charge in [-0.05, 0) is 54.8 Å². The number of fused-ring (bicyclic) bond motifs is 3. The zero-order chi connectivity index (χ0) is 22.2. The van der Waals surface area contributed by atoms with Gasteiger partial charge in [-0.25, -0.2) is 4.39 Å². The minimum absolute atomic E-state index is 0.125. The van der Waals surface area contributed by atoms with Crippen molar-refractivity contribution in [2.75, 3.05) is 13.3 Å². The van der Waals surface area contributed by atoms with Gasteiger partial charge in [0.05, 0.1) is 11.1 Å². The Bertz CT molecular complexity index is 1240. The van der Waals surface area contributed by atoms with Crippen molar-refractivity contribution in [3.05, 3.63) is 99.0 Å². The number of aryl methyl sites for hydroxylation is 1. The fraction of sp³-hybridized carbons (Fsp3) is 0.192. The van der Waals surface area contributed by atoms with E-state index in [-0.39, 0.29) is 11.5 Å². The van der Waals surface area contributed by atoms with E-state index < -0.39 is 5.82 Å². The van der Waals surface area contributed by atoms with Crippen LogP contribution in [0.15, 0.2) is 60.4 Å². The zero-order valence-corrected chi connectivity index (χ0v) is 18.3. The molecule has 0 aliphatic carbocycles. The van der Waals surface area contributed by atoms with Crippen LogP contribution in [0.1, 0.15) is 32.6 Å². The first-order valence-electron chi connectivity index (χ1n) is 10.4. The standard InChI is InChI=1S/C26H21ClFNO3/c1-16-12-22-20(14-29(15-31-22)11-10-17-6-8-19(27)9-7-17)26-24(16)25(30)23(32-26)13-18-4-2-3-5-21(18)28/h2-9,12-13H,10-11,14-15H2,1H3/b23-13+. The largest absolute Gasteiger partial charge is 0.478 e. The van der Waals surface area contributed by atoms with Gasteiger partial charge in [0.25, 0.3) is 0 Å². The van der Waals surface area contributed by atoms with Gasteiger partial charge in [-0.2, -0.15) is 0 Å². The minimum Gasteiger partial charge on any atom is -0.478 e. The molecule has 0 spiro atoms. The first-order chi connectivity index (χ1) is 15.5. The first-order valence-corrected chi connectivity index (χ1v) is 10.8. The Morgan fingerprint density at radius 3 is 2.72 bits per heavy atom. The van der Waals surface area contributed by atoms with Gasteiger partial charge in [0.15, 0.2) is 5.76 Å². The Morgan fingerprint density at radius 2 is 1.94 bits per heavy atom. The average molecular weight is 450 g/mol. The molecule has 3 aromatic rings. The summed E-state index contributed by atoms with van der Waals surface area (Å²) in [5, 5.41) is 0.718. The third-order valence-electron chi connectivity index (χ3n) is 5.81. The molecule has 0 radical (unpaired) electrons. The number of hydrogen-bond donors (Lipinski definition) is 0. The Labute approximate surface area is 190 Å². The molecule has 0 unspecified atom stereocenters. The molecule has 0 fully saturated rings. The highest BCUT2D eigenvalue weighted by molar-refractivity contribution is 6.30. The van der Waals surface area contributed by atoms with Gasteiger partial charge in [-0.1, -0.05) is 41.9 Å². The molecule has 2 heterocycles. The van der Waals surface area contributed by atoms with Crippen molar-refractivity contribution in [2.45, 2.75) is 19.9 Å². The molecular weight excluding hydrogens is 429 g/mol. The molecule has 0 bridgehead atoms. The van der Waals surface area contributed by atoms with Crippen molar-refractivity contribution in [3.63, 3.8) is 0 Å². The molecule has 6 heteroatoms. The normalized spacial score (nSPS) is 16.5. The van der Waals surface area contributed by atoms with E-state index in [2.05, 4.69) is 4.90 Å². The maximum absolute atomic E-state index is 14.1. The molecule has 5 rings (SSSR count). The first kappa shape index (κ1) is 20.7. The van der Waals surface area contributed by atoms with Crippen LogP contribution in [0.5, 0.6) is 11.5 Å². The Kier molecular flexibility index (Phi) is 5.45. The zero-order valence-electron chi connectivity index (χ0n) is 17.5. The number of nitrogens with zero attached hydrogens (tertiary/aromatic N) is 1. The topological polar surface area (TPSA) is 38.8 Å². The summed E-state index contributed by atoms with van der Waals surface area (Å²) in [6.07, 6.45) is 2.31. The van der Waals surface area contributed by atoms with Gasteiger partial charge in [0.1, 0.15) is 24.0 Å². The van der Waals surface area contributed by atoms with E-state index in [1.807, 2.05) is 37.3 Å². The van der Waals surface area contributed by atoms with E-state index >= 15 is 0 Å². The Hall–Kier alpha value is -3.15. The van der Waals surface area contributed by atoms with Gasteiger partial charge in [0.2, 0.25) is 5.78 Å². The summed E-state index contributed by atoms with van der Waals surface area (Å²) < 4.78 is 26.1. The lowest BCUT2D eigenvalue weighted by Crippen LogP contribution is -2.33. The smallest absolute Gasteiger partial charge is 0.232 e. The van der Waals surface area contributed by atoms with Crippen molar-refractivity contribution in [2.24, 2.45) is 0 Å². The molecule has 2 aliphatic rings. The highest BCUT2D eigenvalue weighted by Gasteiger charge is 2.35. The molecule has 0 saturated heterocycles. The Morgan fingerprint density at radius 1 is 1.16 bits per heavy atom. The van der Waals surface area contributed by atoms with Crippen LogP contribution in [0.2, 0.25) is 5.02 Å². The monoisotopic (exact) mass is 449 g/mol. The average Bonchev–Trinajstić information content (AvgIpc) is 3.12. The number of ether oxygens (including phenoxy) is 2. The third-order valence-corrected chi connectivity index (χ3v) is 6.06. The van der Waals surface area contributed by atoms with Crippen LogP contribution < -0.4 is 9.47 Å².